The molecule has 1 atom stereocenters. The van der Waals surface area contributed by atoms with Crippen molar-refractivity contribution in [1.82, 2.24) is 9.55 Å². The molecule has 1 aliphatic carbocycles. The second-order valence-electron chi connectivity index (χ2n) is 6.49. The lowest BCUT2D eigenvalue weighted by Gasteiger charge is -2.21. The molecule has 0 amide bonds. The summed E-state index contributed by atoms with van der Waals surface area (Å²) in [6.07, 6.45) is 5.83. The number of anilines is 1. The van der Waals surface area contributed by atoms with Crippen LogP contribution in [0, 0.1) is 0 Å². The van der Waals surface area contributed by atoms with Gasteiger partial charge in [0.2, 0.25) is 0 Å². The number of rotatable bonds is 5. The van der Waals surface area contributed by atoms with Crippen molar-refractivity contribution < 1.29 is 10.2 Å². The van der Waals surface area contributed by atoms with Gasteiger partial charge in [-0.05, 0) is 25.0 Å². The maximum atomic E-state index is 13.0. The van der Waals surface area contributed by atoms with E-state index >= 15 is 0 Å². The Morgan fingerprint density at radius 1 is 1.21 bits per heavy atom. The van der Waals surface area contributed by atoms with Gasteiger partial charge in [0.25, 0.3) is 5.56 Å². The first-order chi connectivity index (χ1) is 11.7. The molecule has 0 saturated heterocycles. The highest BCUT2D eigenvalue weighted by molar-refractivity contribution is 5.76. The summed E-state index contributed by atoms with van der Waals surface area (Å²) in [5.74, 6) is 0.241. The van der Waals surface area contributed by atoms with Gasteiger partial charge in [-0.3, -0.25) is 4.79 Å². The quantitative estimate of drug-likeness (QED) is 0.730. The number of para-hydroxylation sites is 2. The molecule has 1 unspecified atom stereocenters. The third-order valence-electron chi connectivity index (χ3n) is 4.70. The van der Waals surface area contributed by atoms with E-state index in [0.717, 1.165) is 36.7 Å². The predicted octanol–water partition coefficient (Wildman–Crippen LogP) is 2.06. The van der Waals surface area contributed by atoms with Gasteiger partial charge in [0.15, 0.2) is 5.82 Å². The molecule has 130 valence electrons. The topological polar surface area (TPSA) is 87.4 Å². The number of fused-ring (bicyclic) bond motifs is 1. The van der Waals surface area contributed by atoms with Crippen LogP contribution in [0.1, 0.15) is 44.6 Å². The molecule has 0 bridgehead atoms. The molecule has 0 spiro atoms. The molecule has 1 aliphatic rings. The number of aromatic nitrogens is 2. The highest BCUT2D eigenvalue weighted by Gasteiger charge is 2.20. The van der Waals surface area contributed by atoms with Crippen molar-refractivity contribution in [2.45, 2.75) is 50.7 Å². The van der Waals surface area contributed by atoms with Crippen LogP contribution >= 0.6 is 0 Å². The lowest BCUT2D eigenvalue weighted by Crippen LogP contribution is -2.31. The van der Waals surface area contributed by atoms with Crippen LogP contribution in [0.2, 0.25) is 0 Å². The number of hydrogen-bond donors (Lipinski definition) is 3. The average Bonchev–Trinajstić information content (AvgIpc) is 2.88. The highest BCUT2D eigenvalue weighted by Crippen LogP contribution is 2.28. The maximum Gasteiger partial charge on any atom is 0.294 e. The average molecular weight is 331 g/mol. The van der Waals surface area contributed by atoms with Gasteiger partial charge in [-0.2, -0.15) is 0 Å². The molecule has 1 heterocycles. The molecule has 6 heteroatoms. The second-order valence-corrected chi connectivity index (χ2v) is 6.49. The Balaban J connectivity index is 2.04. The Bertz CT molecular complexity index is 736. The third-order valence-corrected chi connectivity index (χ3v) is 4.70. The molecule has 0 aliphatic heterocycles. The first-order valence-electron chi connectivity index (χ1n) is 8.75. The van der Waals surface area contributed by atoms with Crippen LogP contribution in [-0.2, 0) is 0 Å². The fourth-order valence-corrected chi connectivity index (χ4v) is 3.43. The van der Waals surface area contributed by atoms with Gasteiger partial charge in [-0.25, -0.2) is 4.98 Å². The van der Waals surface area contributed by atoms with E-state index < -0.39 is 6.10 Å². The van der Waals surface area contributed by atoms with Crippen LogP contribution in [0.4, 0.5) is 5.82 Å². The minimum absolute atomic E-state index is 0.0990. The highest BCUT2D eigenvalue weighted by atomic mass is 16.3. The fraction of sp³-hybridized carbons (Fsp3) is 0.556. The van der Waals surface area contributed by atoms with E-state index in [1.54, 1.807) is 0 Å². The number of aliphatic hydroxyl groups excluding tert-OH is 2. The van der Waals surface area contributed by atoms with Crippen molar-refractivity contribution in [3.05, 3.63) is 34.6 Å². The summed E-state index contributed by atoms with van der Waals surface area (Å²) < 4.78 is 1.88. The van der Waals surface area contributed by atoms with E-state index in [1.165, 1.54) is 12.8 Å². The smallest absolute Gasteiger partial charge is 0.294 e. The SMILES string of the molecule is O=c1c(NCC(O)CO)nc2ccccc2n1C1CCCCCC1. The van der Waals surface area contributed by atoms with Crippen LogP contribution < -0.4 is 10.9 Å². The Labute approximate surface area is 141 Å². The first-order valence-corrected chi connectivity index (χ1v) is 8.75. The van der Waals surface area contributed by atoms with Gasteiger partial charge in [0, 0.05) is 12.6 Å². The number of nitrogens with zero attached hydrogens (tertiary/aromatic N) is 2. The summed E-state index contributed by atoms with van der Waals surface area (Å²) in [6.45, 7) is -0.251. The Kier molecular flexibility index (Phi) is 5.48. The molecular weight excluding hydrogens is 306 g/mol. The monoisotopic (exact) mass is 331 g/mol. The van der Waals surface area contributed by atoms with Crippen molar-refractivity contribution in [3.8, 4) is 0 Å². The minimum Gasteiger partial charge on any atom is -0.394 e. The Morgan fingerprint density at radius 2 is 1.92 bits per heavy atom. The number of hydrogen-bond acceptors (Lipinski definition) is 5. The molecule has 1 aromatic heterocycles. The molecule has 3 N–H and O–H groups in total. The Morgan fingerprint density at radius 3 is 2.62 bits per heavy atom. The molecule has 6 nitrogen and oxygen atoms in total. The van der Waals surface area contributed by atoms with Crippen LogP contribution in [0.3, 0.4) is 0 Å². The Hall–Kier alpha value is -1.92. The van der Waals surface area contributed by atoms with Crippen LogP contribution in [0.25, 0.3) is 11.0 Å². The van der Waals surface area contributed by atoms with Crippen LogP contribution in [0.5, 0.6) is 0 Å². The zero-order valence-corrected chi connectivity index (χ0v) is 13.8. The van der Waals surface area contributed by atoms with Gasteiger partial charge in [-0.1, -0.05) is 37.8 Å². The van der Waals surface area contributed by atoms with Gasteiger partial charge >= 0.3 is 0 Å². The number of benzene rings is 1. The zero-order chi connectivity index (χ0) is 16.9. The van der Waals surface area contributed by atoms with Crippen LogP contribution in [0.15, 0.2) is 29.1 Å². The van der Waals surface area contributed by atoms with E-state index in [0.29, 0.717) is 0 Å². The summed E-state index contributed by atoms with van der Waals surface area (Å²) in [6, 6.07) is 7.87. The van der Waals surface area contributed by atoms with E-state index in [2.05, 4.69) is 10.3 Å². The maximum absolute atomic E-state index is 13.0. The van der Waals surface area contributed by atoms with Crippen molar-refractivity contribution in [1.29, 1.82) is 0 Å². The molecule has 1 fully saturated rings. The van der Waals surface area contributed by atoms with Gasteiger partial charge in [-0.15, -0.1) is 0 Å². The lowest BCUT2D eigenvalue weighted by molar-refractivity contribution is 0.105. The molecule has 0 radical (unpaired) electrons. The lowest BCUT2D eigenvalue weighted by atomic mass is 10.1. The fourth-order valence-electron chi connectivity index (χ4n) is 3.43. The zero-order valence-electron chi connectivity index (χ0n) is 13.8. The summed E-state index contributed by atoms with van der Waals surface area (Å²) >= 11 is 0. The van der Waals surface area contributed by atoms with Crippen molar-refractivity contribution >= 4 is 16.9 Å². The molecule has 1 aromatic carbocycles. The summed E-state index contributed by atoms with van der Waals surface area (Å²) in [4.78, 5) is 17.4. The number of nitrogens with one attached hydrogen (secondary N) is 1. The van der Waals surface area contributed by atoms with Crippen molar-refractivity contribution in [2.75, 3.05) is 18.5 Å². The largest absolute Gasteiger partial charge is 0.394 e. The van der Waals surface area contributed by atoms with Gasteiger partial charge in [0.1, 0.15) is 0 Å². The molecular formula is C18H25N3O3. The second kappa shape index (κ2) is 7.77. The van der Waals surface area contributed by atoms with Crippen molar-refractivity contribution in [3.63, 3.8) is 0 Å². The summed E-state index contributed by atoms with van der Waals surface area (Å²) in [7, 11) is 0. The summed E-state index contributed by atoms with van der Waals surface area (Å²) in [5, 5.41) is 21.4. The van der Waals surface area contributed by atoms with E-state index in [-0.39, 0.29) is 30.6 Å². The van der Waals surface area contributed by atoms with Crippen molar-refractivity contribution in [2.24, 2.45) is 0 Å². The van der Waals surface area contributed by atoms with Gasteiger partial charge in [0.05, 0.1) is 23.7 Å². The van der Waals surface area contributed by atoms with Gasteiger partial charge < -0.3 is 20.1 Å². The van der Waals surface area contributed by atoms with E-state index in [4.69, 9.17) is 5.11 Å². The van der Waals surface area contributed by atoms with E-state index in [9.17, 15) is 9.90 Å². The normalized spacial score (nSPS) is 17.6. The van der Waals surface area contributed by atoms with E-state index in [1.807, 2.05) is 28.8 Å². The third kappa shape index (κ3) is 3.60. The standard InChI is InChI=1S/C18H25N3O3/c22-12-14(23)11-19-17-18(24)21(13-7-3-1-2-4-8-13)16-10-6-5-9-15(16)20-17/h5-6,9-10,13-14,22-23H,1-4,7-8,11-12H2,(H,19,20). The summed E-state index contributed by atoms with van der Waals surface area (Å²) in [5.41, 5.74) is 1.48. The number of aliphatic hydroxyl groups is 2. The minimum atomic E-state index is -0.913. The molecule has 2 aromatic rings. The first kappa shape index (κ1) is 16.9. The van der Waals surface area contributed by atoms with Crippen LogP contribution in [-0.4, -0.2) is 39.0 Å². The molecule has 1 saturated carbocycles. The molecule has 3 rings (SSSR count). The molecule has 24 heavy (non-hydrogen) atoms. The predicted molar refractivity (Wildman–Crippen MR) is 94.3 cm³/mol.